The van der Waals surface area contributed by atoms with E-state index in [9.17, 15) is 0 Å². The molecule has 0 bridgehead atoms. The largest absolute Gasteiger partial charge is 0.0694 e. The third-order valence-corrected chi connectivity index (χ3v) is 43.8. The van der Waals surface area contributed by atoms with E-state index in [-0.39, 0.29) is 0 Å². The second-order valence-corrected chi connectivity index (χ2v) is 40.2. The second-order valence-electron chi connectivity index (χ2n) is 12.8. The van der Waals surface area contributed by atoms with Gasteiger partial charge in [0.15, 0.2) is 0 Å². The van der Waals surface area contributed by atoms with Crippen molar-refractivity contribution in [3.05, 3.63) is 0 Å². The maximum atomic E-state index is 2.76. The van der Waals surface area contributed by atoms with Crippen molar-refractivity contribution in [1.29, 1.82) is 0 Å². The van der Waals surface area contributed by atoms with Crippen LogP contribution in [0, 0.1) is 0 Å². The van der Waals surface area contributed by atoms with Crippen LogP contribution in [0.5, 0.6) is 0 Å². The Kier molecular flexibility index (Phi) is 2.08. The van der Waals surface area contributed by atoms with Crippen LogP contribution in [-0.4, -0.2) is 40.4 Å². The van der Waals surface area contributed by atoms with E-state index in [0.717, 1.165) is 18.6 Å². The second kappa shape index (κ2) is 2.80. The molecule has 0 aromatic heterocycles. The van der Waals surface area contributed by atoms with Gasteiger partial charge in [0.2, 0.25) is 0 Å². The van der Waals surface area contributed by atoms with Crippen molar-refractivity contribution in [3.8, 4) is 0 Å². The molecule has 0 aliphatic carbocycles. The highest BCUT2D eigenvalue weighted by atomic mass is 28.5. The van der Waals surface area contributed by atoms with Crippen LogP contribution in [-0.2, 0) is 0 Å². The normalized spacial score (nSPS) is 56.6. The van der Waals surface area contributed by atoms with Gasteiger partial charge in [-0.15, -0.1) is 0 Å². The van der Waals surface area contributed by atoms with Crippen LogP contribution >= 0.6 is 0 Å². The molecule has 0 nitrogen and oxygen atoms in total. The minimum Gasteiger partial charge on any atom is -0.0694 e. The van der Waals surface area contributed by atoms with Crippen molar-refractivity contribution in [1.82, 2.24) is 0 Å². The first-order valence-corrected chi connectivity index (χ1v) is 25.0. The Labute approximate surface area is 137 Å². The van der Waals surface area contributed by atoms with Crippen LogP contribution in [0.25, 0.3) is 0 Å². The van der Waals surface area contributed by atoms with Crippen LogP contribution in [0.15, 0.2) is 0 Å². The van der Waals surface area contributed by atoms with E-state index in [1.54, 1.807) is 0 Å². The van der Waals surface area contributed by atoms with Gasteiger partial charge < -0.3 is 0 Å². The first-order valence-electron chi connectivity index (χ1n) is 9.00. The van der Waals surface area contributed by atoms with Gasteiger partial charge >= 0.3 is 0 Å². The van der Waals surface area contributed by atoms with Crippen molar-refractivity contribution in [2.45, 2.75) is 97.2 Å². The Morgan fingerprint density at radius 2 is 0.524 bits per heavy atom. The lowest BCUT2D eigenvalue weighted by molar-refractivity contribution is 0.443. The van der Waals surface area contributed by atoms with Crippen LogP contribution < -0.4 is 0 Å². The van der Waals surface area contributed by atoms with Crippen molar-refractivity contribution in [2.75, 3.05) is 0 Å². The smallest absolute Gasteiger partial charge is 0.0677 e. The van der Waals surface area contributed by atoms with Gasteiger partial charge in [-0.2, -0.15) is 0 Å². The summed E-state index contributed by atoms with van der Waals surface area (Å²) < 4.78 is 4.26. The number of hydrogen-bond acceptors (Lipinski definition) is 0. The Morgan fingerprint density at radius 3 is 0.619 bits per heavy atom. The summed E-state index contributed by atoms with van der Waals surface area (Å²) in [5.74, 6) is 0. The molecule has 4 fully saturated rings. The van der Waals surface area contributed by atoms with Crippen LogP contribution in [0.1, 0.15) is 0 Å². The molecule has 4 heterocycles. The molecule has 5 heteroatoms. The highest BCUT2D eigenvalue weighted by molar-refractivity contribution is 7.63. The van der Waals surface area contributed by atoms with Crippen molar-refractivity contribution >= 4 is 40.4 Å². The average Bonchev–Trinajstić information content (AvgIpc) is 2.73. The van der Waals surface area contributed by atoms with E-state index in [0.29, 0.717) is 0 Å². The summed E-state index contributed by atoms with van der Waals surface area (Å²) in [7, 11) is -4.86. The summed E-state index contributed by atoms with van der Waals surface area (Å²) in [5, 5.41) is 0. The van der Waals surface area contributed by atoms with Gasteiger partial charge in [-0.1, -0.05) is 78.6 Å². The molecule has 120 valence electrons. The molecule has 4 saturated heterocycles. The first kappa shape index (κ1) is 15.6. The summed E-state index contributed by atoms with van der Waals surface area (Å²) in [6, 6.07) is 0. The zero-order valence-electron chi connectivity index (χ0n) is 16.5. The number of fused-ring (bicyclic) bond motifs is 4. The molecule has 4 aliphatic heterocycles. The van der Waals surface area contributed by atoms with Gasteiger partial charge in [-0.05, 0) is 18.6 Å². The molecule has 1 spiro atoms. The fourth-order valence-corrected chi connectivity index (χ4v) is 78.2. The van der Waals surface area contributed by atoms with Gasteiger partial charge in [0.25, 0.3) is 0 Å². The van der Waals surface area contributed by atoms with Crippen LogP contribution in [0.3, 0.4) is 0 Å². The SMILES string of the molecule is C[Si](C)(C)C12C3([Si](C)(C)C)C4([Si](C)(C)C)C1([Si](C)(C)C)[Si]234. The number of rotatable bonds is 4. The minimum absolute atomic E-state index is 0.840. The highest BCUT2D eigenvalue weighted by Crippen LogP contribution is 3.56. The predicted octanol–water partition coefficient (Wildman–Crippen LogP) is 5.96. The first-order chi connectivity index (χ1) is 9.00. The molecule has 0 radical (unpaired) electrons. The average molecular weight is 369 g/mol. The molecule has 4 aliphatic rings. The lowest BCUT2D eigenvalue weighted by atomic mass is 9.95. The molecule has 0 atom stereocenters. The summed E-state index contributed by atoms with van der Waals surface area (Å²) in [6.07, 6.45) is 0. The Morgan fingerprint density at radius 1 is 0.381 bits per heavy atom. The maximum Gasteiger partial charge on any atom is 0.0677 e. The van der Waals surface area contributed by atoms with Crippen molar-refractivity contribution in [3.63, 3.8) is 0 Å². The van der Waals surface area contributed by atoms with E-state index in [1.165, 1.54) is 0 Å². The summed E-state index contributed by atoms with van der Waals surface area (Å²) in [4.78, 5) is 0. The van der Waals surface area contributed by atoms with Crippen molar-refractivity contribution in [2.24, 2.45) is 0 Å². The molecule has 0 aromatic carbocycles. The lowest BCUT2D eigenvalue weighted by Gasteiger charge is -2.67. The topological polar surface area (TPSA) is 0 Å². The van der Waals surface area contributed by atoms with E-state index in [2.05, 4.69) is 78.6 Å². The van der Waals surface area contributed by atoms with Gasteiger partial charge in [-0.3, -0.25) is 0 Å². The number of hydrogen-bond donors (Lipinski definition) is 0. The minimum atomic E-state index is -1.00. The van der Waals surface area contributed by atoms with Gasteiger partial charge in [0, 0.05) is 32.3 Å². The Hall–Kier alpha value is 1.08. The van der Waals surface area contributed by atoms with E-state index in [4.69, 9.17) is 0 Å². The van der Waals surface area contributed by atoms with Gasteiger partial charge in [0.1, 0.15) is 0 Å². The molecule has 0 amide bonds. The van der Waals surface area contributed by atoms with E-state index >= 15 is 0 Å². The quantitative estimate of drug-likeness (QED) is 0.537. The van der Waals surface area contributed by atoms with Crippen LogP contribution in [0.2, 0.25) is 97.2 Å². The molecular weight excluding hydrogens is 333 g/mol. The van der Waals surface area contributed by atoms with Crippen LogP contribution in [0.4, 0.5) is 0 Å². The molecule has 0 N–H and O–H groups in total. The molecule has 0 aromatic rings. The lowest BCUT2D eigenvalue weighted by Crippen LogP contribution is -2.62. The van der Waals surface area contributed by atoms with E-state index in [1.807, 2.05) is 0 Å². The van der Waals surface area contributed by atoms with Gasteiger partial charge in [-0.25, -0.2) is 0 Å². The van der Waals surface area contributed by atoms with E-state index < -0.39 is 40.4 Å². The summed E-state index contributed by atoms with van der Waals surface area (Å²) in [6.45, 7) is 33.1. The zero-order chi connectivity index (χ0) is 16.5. The summed E-state index contributed by atoms with van der Waals surface area (Å²) in [5.41, 5.74) is 0. The standard InChI is InChI=1S/C16H36Si5/c1-17(2,3)13-14(18(4,5)6)16(20(10,11)12)15(13,19(7,8)9)21(13,14)16/h1-12H3. The zero-order valence-corrected chi connectivity index (χ0v) is 21.5. The molecule has 0 saturated carbocycles. The maximum absolute atomic E-state index is 2.76. The Balaban J connectivity index is 1.95. The molecule has 21 heavy (non-hydrogen) atoms. The Bertz CT molecular complexity index is 473. The predicted molar refractivity (Wildman–Crippen MR) is 110 cm³/mol. The third kappa shape index (κ3) is 0.752. The molecular formula is C16H36Si5. The highest BCUT2D eigenvalue weighted by Gasteiger charge is 3.51. The monoisotopic (exact) mass is 368 g/mol. The molecule has 0 unspecified atom stereocenters. The third-order valence-electron chi connectivity index (χ3n) is 8.75. The molecule has 4 rings (SSSR count). The fourth-order valence-electron chi connectivity index (χ4n) is 10.4. The van der Waals surface area contributed by atoms with Gasteiger partial charge in [0.05, 0.1) is 8.07 Å². The summed E-state index contributed by atoms with van der Waals surface area (Å²) >= 11 is 0. The van der Waals surface area contributed by atoms with Crippen molar-refractivity contribution < 1.29 is 0 Å². The fraction of sp³-hybridized carbons (Fsp3) is 1.00.